The number of benzene rings is 1. The Balaban J connectivity index is 2.04. The third-order valence-electron chi connectivity index (χ3n) is 3.34. The van der Waals surface area contributed by atoms with Gasteiger partial charge in [-0.1, -0.05) is 17.7 Å². The van der Waals surface area contributed by atoms with Crippen molar-refractivity contribution >= 4 is 21.6 Å². The lowest BCUT2D eigenvalue weighted by Crippen LogP contribution is -2.30. The minimum absolute atomic E-state index is 0.0413. The van der Waals surface area contributed by atoms with Crippen molar-refractivity contribution in [2.75, 3.05) is 13.2 Å². The Bertz CT molecular complexity index is 526. The first-order chi connectivity index (χ1) is 8.47. The molecular weight excluding hydrogens is 274 g/mol. The van der Waals surface area contributed by atoms with Gasteiger partial charge in [-0.05, 0) is 42.9 Å². The van der Waals surface area contributed by atoms with Gasteiger partial charge in [0.15, 0.2) is 0 Å². The topological polar surface area (TPSA) is 66.4 Å². The first kappa shape index (κ1) is 13.8. The highest BCUT2D eigenvalue weighted by Gasteiger charge is 2.42. The molecule has 0 bridgehead atoms. The van der Waals surface area contributed by atoms with Crippen LogP contribution < -0.4 is 4.72 Å². The van der Waals surface area contributed by atoms with Crippen molar-refractivity contribution in [3.05, 3.63) is 29.3 Å². The van der Waals surface area contributed by atoms with Crippen molar-refractivity contribution in [1.82, 2.24) is 4.72 Å². The summed E-state index contributed by atoms with van der Waals surface area (Å²) in [6, 6.07) is 6.18. The van der Waals surface area contributed by atoms with E-state index in [4.69, 9.17) is 16.7 Å². The normalized spacial score (nSPS) is 17.7. The molecule has 1 aliphatic rings. The molecule has 0 saturated heterocycles. The van der Waals surface area contributed by atoms with Crippen LogP contribution in [-0.2, 0) is 10.0 Å². The van der Waals surface area contributed by atoms with Crippen molar-refractivity contribution in [3.63, 3.8) is 0 Å². The molecule has 0 heterocycles. The van der Waals surface area contributed by atoms with Crippen LogP contribution in [0.1, 0.15) is 19.3 Å². The molecule has 0 radical (unpaired) electrons. The van der Waals surface area contributed by atoms with Gasteiger partial charge in [0.1, 0.15) is 0 Å². The number of nitrogens with one attached hydrogen (secondary N) is 1. The molecule has 0 unspecified atom stereocenters. The van der Waals surface area contributed by atoms with Crippen molar-refractivity contribution in [2.45, 2.75) is 24.2 Å². The predicted molar refractivity (Wildman–Crippen MR) is 70.0 cm³/mol. The number of halogens is 1. The van der Waals surface area contributed by atoms with Gasteiger partial charge in [0.05, 0.1) is 4.90 Å². The number of aliphatic hydroxyl groups is 1. The van der Waals surface area contributed by atoms with Crippen LogP contribution in [0.15, 0.2) is 29.2 Å². The zero-order chi connectivity index (χ0) is 13.2. The first-order valence-electron chi connectivity index (χ1n) is 5.84. The summed E-state index contributed by atoms with van der Waals surface area (Å²) < 4.78 is 26.7. The van der Waals surface area contributed by atoms with E-state index in [-0.39, 0.29) is 16.9 Å². The van der Waals surface area contributed by atoms with Gasteiger partial charge in [0.25, 0.3) is 0 Å². The van der Waals surface area contributed by atoms with Crippen LogP contribution in [0.4, 0.5) is 0 Å². The van der Waals surface area contributed by atoms with Crippen LogP contribution in [0.25, 0.3) is 0 Å². The smallest absolute Gasteiger partial charge is 0.240 e. The minimum atomic E-state index is -3.51. The van der Waals surface area contributed by atoms with Crippen LogP contribution in [0.2, 0.25) is 5.02 Å². The Morgan fingerprint density at radius 2 is 2.11 bits per heavy atom. The average molecular weight is 290 g/mol. The lowest BCUT2D eigenvalue weighted by atomic mass is 10.0. The molecule has 2 N–H and O–H groups in total. The van der Waals surface area contributed by atoms with E-state index >= 15 is 0 Å². The molecule has 0 atom stereocenters. The highest BCUT2D eigenvalue weighted by Crippen LogP contribution is 2.48. The highest BCUT2D eigenvalue weighted by molar-refractivity contribution is 7.89. The fourth-order valence-electron chi connectivity index (χ4n) is 1.89. The molecule has 1 aliphatic carbocycles. The van der Waals surface area contributed by atoms with Gasteiger partial charge in [-0.3, -0.25) is 0 Å². The summed E-state index contributed by atoms with van der Waals surface area (Å²) in [6.07, 6.45) is 2.57. The van der Waals surface area contributed by atoms with E-state index in [0.717, 1.165) is 12.8 Å². The maximum atomic E-state index is 12.0. The van der Waals surface area contributed by atoms with Crippen LogP contribution in [0.5, 0.6) is 0 Å². The molecule has 1 saturated carbocycles. The maximum Gasteiger partial charge on any atom is 0.240 e. The molecule has 4 nitrogen and oxygen atoms in total. The minimum Gasteiger partial charge on any atom is -0.396 e. The quantitative estimate of drug-likeness (QED) is 0.839. The second-order valence-corrected chi connectivity index (χ2v) is 6.96. The Hall–Kier alpha value is -0.620. The summed E-state index contributed by atoms with van der Waals surface area (Å²) in [5.41, 5.74) is -0.0413. The van der Waals surface area contributed by atoms with Gasteiger partial charge in [-0.15, -0.1) is 0 Å². The summed E-state index contributed by atoms with van der Waals surface area (Å²) in [6.45, 7) is 0.474. The van der Waals surface area contributed by atoms with E-state index in [2.05, 4.69) is 4.72 Å². The van der Waals surface area contributed by atoms with Gasteiger partial charge < -0.3 is 5.11 Å². The molecule has 18 heavy (non-hydrogen) atoms. The number of aliphatic hydroxyl groups excluding tert-OH is 1. The lowest BCUT2D eigenvalue weighted by Gasteiger charge is -2.14. The lowest BCUT2D eigenvalue weighted by molar-refractivity contribution is 0.249. The Labute approximate surface area is 112 Å². The summed E-state index contributed by atoms with van der Waals surface area (Å²) in [5, 5.41) is 9.33. The average Bonchev–Trinajstić information content (AvgIpc) is 3.08. The second kappa shape index (κ2) is 5.17. The van der Waals surface area contributed by atoms with E-state index in [9.17, 15) is 8.42 Å². The molecule has 1 aromatic rings. The number of sulfonamides is 1. The van der Waals surface area contributed by atoms with Crippen LogP contribution >= 0.6 is 11.6 Å². The van der Waals surface area contributed by atoms with Crippen molar-refractivity contribution in [2.24, 2.45) is 5.41 Å². The third kappa shape index (κ3) is 3.23. The molecule has 0 spiro atoms. The van der Waals surface area contributed by atoms with E-state index in [1.807, 2.05) is 0 Å². The third-order valence-corrected chi connectivity index (χ3v) is 4.98. The molecule has 6 heteroatoms. The van der Waals surface area contributed by atoms with Crippen LogP contribution in [0, 0.1) is 5.41 Å². The van der Waals surface area contributed by atoms with Crippen LogP contribution in [-0.4, -0.2) is 26.7 Å². The second-order valence-electron chi connectivity index (χ2n) is 4.76. The fraction of sp³-hybridized carbons (Fsp3) is 0.500. The Morgan fingerprint density at radius 1 is 1.39 bits per heavy atom. The zero-order valence-electron chi connectivity index (χ0n) is 9.89. The maximum absolute atomic E-state index is 12.0. The SMILES string of the molecule is O=S(=O)(NCC1(CCO)CC1)c1cccc(Cl)c1. The summed E-state index contributed by atoms with van der Waals surface area (Å²) in [7, 11) is -3.51. The zero-order valence-corrected chi connectivity index (χ0v) is 11.5. The van der Waals surface area contributed by atoms with Gasteiger partial charge in [0.2, 0.25) is 10.0 Å². The Morgan fingerprint density at radius 3 is 2.67 bits per heavy atom. The summed E-state index contributed by atoms with van der Waals surface area (Å²) in [4.78, 5) is 0.176. The molecule has 0 amide bonds. The van der Waals surface area contributed by atoms with E-state index < -0.39 is 10.0 Å². The van der Waals surface area contributed by atoms with Gasteiger partial charge >= 0.3 is 0 Å². The molecule has 1 fully saturated rings. The fourth-order valence-corrected chi connectivity index (χ4v) is 3.35. The molecule has 1 aromatic carbocycles. The first-order valence-corrected chi connectivity index (χ1v) is 7.70. The van der Waals surface area contributed by atoms with Gasteiger partial charge in [-0.25, -0.2) is 13.1 Å². The Kier molecular flexibility index (Phi) is 3.96. The van der Waals surface area contributed by atoms with E-state index in [1.54, 1.807) is 12.1 Å². The molecular formula is C12H16ClNO3S. The van der Waals surface area contributed by atoms with Crippen molar-refractivity contribution < 1.29 is 13.5 Å². The van der Waals surface area contributed by atoms with E-state index in [1.165, 1.54) is 12.1 Å². The van der Waals surface area contributed by atoms with Gasteiger partial charge in [0, 0.05) is 18.2 Å². The predicted octanol–water partition coefficient (Wildman–Crippen LogP) is 1.78. The van der Waals surface area contributed by atoms with Gasteiger partial charge in [-0.2, -0.15) is 0 Å². The molecule has 100 valence electrons. The number of hydrogen-bond acceptors (Lipinski definition) is 3. The van der Waals surface area contributed by atoms with Crippen molar-refractivity contribution in [3.8, 4) is 0 Å². The summed E-state index contributed by atoms with van der Waals surface area (Å²) >= 11 is 5.78. The molecule has 2 rings (SSSR count). The van der Waals surface area contributed by atoms with E-state index in [0.29, 0.717) is 18.0 Å². The van der Waals surface area contributed by atoms with Crippen molar-refractivity contribution in [1.29, 1.82) is 0 Å². The summed E-state index contributed by atoms with van der Waals surface area (Å²) in [5.74, 6) is 0. The largest absolute Gasteiger partial charge is 0.396 e. The number of rotatable bonds is 6. The molecule has 0 aromatic heterocycles. The standard InChI is InChI=1S/C12H16ClNO3S/c13-10-2-1-3-11(8-10)18(16,17)14-9-12(4-5-12)6-7-15/h1-3,8,14-15H,4-7,9H2. The number of hydrogen-bond donors (Lipinski definition) is 2. The monoisotopic (exact) mass is 289 g/mol. The van der Waals surface area contributed by atoms with Crippen LogP contribution in [0.3, 0.4) is 0 Å². The molecule has 0 aliphatic heterocycles. The highest BCUT2D eigenvalue weighted by atomic mass is 35.5.